The zero-order valence-electron chi connectivity index (χ0n) is 10.8. The molecule has 0 saturated carbocycles. The molecular formula is C13H16BrFN2O2S. The molecule has 0 aliphatic carbocycles. The highest BCUT2D eigenvalue weighted by molar-refractivity contribution is 9.10. The zero-order valence-corrected chi connectivity index (χ0v) is 13.2. The Kier molecular flexibility index (Phi) is 3.87. The molecule has 2 atom stereocenters. The van der Waals surface area contributed by atoms with E-state index in [1.807, 2.05) is 0 Å². The number of halogens is 2. The van der Waals surface area contributed by atoms with E-state index in [0.29, 0.717) is 12.1 Å². The van der Waals surface area contributed by atoms with Crippen molar-refractivity contribution in [1.82, 2.24) is 10.0 Å². The Hall–Kier alpha value is -0.500. The van der Waals surface area contributed by atoms with Crippen molar-refractivity contribution in [3.05, 3.63) is 28.5 Å². The maximum atomic E-state index is 13.1. The maximum absolute atomic E-state index is 13.1. The fourth-order valence-electron chi connectivity index (χ4n) is 3.13. The molecular weight excluding hydrogens is 347 g/mol. The SMILES string of the molecule is O=S(=O)(NC1CC2CCC(C1)N2)c1ccc(F)cc1Br. The van der Waals surface area contributed by atoms with Crippen LogP contribution < -0.4 is 10.0 Å². The van der Waals surface area contributed by atoms with Gasteiger partial charge in [-0.2, -0.15) is 0 Å². The number of sulfonamides is 1. The van der Waals surface area contributed by atoms with Gasteiger partial charge in [0.15, 0.2) is 0 Å². The van der Waals surface area contributed by atoms with Crippen LogP contribution in [0.25, 0.3) is 0 Å². The molecule has 1 aromatic rings. The van der Waals surface area contributed by atoms with E-state index in [-0.39, 0.29) is 15.4 Å². The second-order valence-electron chi connectivity index (χ2n) is 5.50. The summed E-state index contributed by atoms with van der Waals surface area (Å²) in [5.41, 5.74) is 0. The van der Waals surface area contributed by atoms with E-state index in [0.717, 1.165) is 31.7 Å². The average molecular weight is 363 g/mol. The van der Waals surface area contributed by atoms with Crippen molar-refractivity contribution >= 4 is 26.0 Å². The first-order valence-corrected chi connectivity index (χ1v) is 8.95. The van der Waals surface area contributed by atoms with Crippen LogP contribution in [0.5, 0.6) is 0 Å². The smallest absolute Gasteiger partial charge is 0.241 e. The second-order valence-corrected chi connectivity index (χ2v) is 8.04. The summed E-state index contributed by atoms with van der Waals surface area (Å²) in [6.45, 7) is 0. The average Bonchev–Trinajstić information content (AvgIpc) is 2.67. The lowest BCUT2D eigenvalue weighted by molar-refractivity contribution is 0.345. The number of nitrogens with one attached hydrogen (secondary N) is 2. The van der Waals surface area contributed by atoms with Crippen LogP contribution in [-0.2, 0) is 10.0 Å². The Morgan fingerprint density at radius 3 is 2.50 bits per heavy atom. The molecule has 2 heterocycles. The van der Waals surface area contributed by atoms with E-state index < -0.39 is 15.8 Å². The summed E-state index contributed by atoms with van der Waals surface area (Å²) >= 11 is 3.11. The van der Waals surface area contributed by atoms with Gasteiger partial charge in [-0.15, -0.1) is 0 Å². The monoisotopic (exact) mass is 362 g/mol. The van der Waals surface area contributed by atoms with Crippen LogP contribution in [0.1, 0.15) is 25.7 Å². The topological polar surface area (TPSA) is 58.2 Å². The zero-order chi connectivity index (χ0) is 14.3. The largest absolute Gasteiger partial charge is 0.311 e. The fourth-order valence-corrected chi connectivity index (χ4v) is 5.44. The van der Waals surface area contributed by atoms with Crippen LogP contribution in [0.2, 0.25) is 0 Å². The van der Waals surface area contributed by atoms with Crippen LogP contribution in [0.4, 0.5) is 4.39 Å². The number of piperidine rings is 1. The van der Waals surface area contributed by atoms with Gasteiger partial charge in [-0.05, 0) is 59.8 Å². The summed E-state index contributed by atoms with van der Waals surface area (Å²) in [7, 11) is -3.62. The summed E-state index contributed by atoms with van der Waals surface area (Å²) < 4.78 is 40.8. The molecule has 4 nitrogen and oxygen atoms in total. The molecule has 2 aliphatic heterocycles. The van der Waals surface area contributed by atoms with E-state index in [1.54, 1.807) is 0 Å². The highest BCUT2D eigenvalue weighted by Crippen LogP contribution is 2.29. The Morgan fingerprint density at radius 2 is 1.90 bits per heavy atom. The molecule has 2 N–H and O–H groups in total. The minimum atomic E-state index is -3.62. The molecule has 20 heavy (non-hydrogen) atoms. The Morgan fingerprint density at radius 1 is 1.25 bits per heavy atom. The fraction of sp³-hybridized carbons (Fsp3) is 0.538. The van der Waals surface area contributed by atoms with E-state index in [1.165, 1.54) is 12.1 Å². The summed E-state index contributed by atoms with van der Waals surface area (Å²) in [4.78, 5) is 0.0878. The molecule has 0 spiro atoms. The predicted molar refractivity (Wildman–Crippen MR) is 77.4 cm³/mol. The molecule has 0 aromatic heterocycles. The number of benzene rings is 1. The molecule has 110 valence electrons. The van der Waals surface area contributed by atoms with Gasteiger partial charge in [0.1, 0.15) is 5.82 Å². The predicted octanol–water partition coefficient (Wildman–Crippen LogP) is 2.15. The first-order valence-electron chi connectivity index (χ1n) is 6.67. The number of hydrogen-bond acceptors (Lipinski definition) is 3. The summed E-state index contributed by atoms with van der Waals surface area (Å²) in [5, 5.41) is 3.47. The van der Waals surface area contributed by atoms with Crippen LogP contribution in [0.15, 0.2) is 27.6 Å². The lowest BCUT2D eigenvalue weighted by Crippen LogP contribution is -2.47. The maximum Gasteiger partial charge on any atom is 0.241 e. The van der Waals surface area contributed by atoms with Crippen molar-refractivity contribution in [2.45, 2.75) is 48.7 Å². The van der Waals surface area contributed by atoms with Gasteiger partial charge in [0.2, 0.25) is 10.0 Å². The molecule has 0 amide bonds. The van der Waals surface area contributed by atoms with E-state index >= 15 is 0 Å². The van der Waals surface area contributed by atoms with Crippen LogP contribution in [-0.4, -0.2) is 26.5 Å². The van der Waals surface area contributed by atoms with Gasteiger partial charge in [0.05, 0.1) is 4.90 Å². The molecule has 3 rings (SSSR count). The first kappa shape index (κ1) is 14.4. The number of hydrogen-bond donors (Lipinski definition) is 2. The normalized spacial score (nSPS) is 29.6. The minimum Gasteiger partial charge on any atom is -0.311 e. The third-order valence-electron chi connectivity index (χ3n) is 3.98. The van der Waals surface area contributed by atoms with E-state index in [2.05, 4.69) is 26.0 Å². The number of fused-ring (bicyclic) bond motifs is 2. The lowest BCUT2D eigenvalue weighted by Gasteiger charge is -2.29. The van der Waals surface area contributed by atoms with Gasteiger partial charge in [-0.3, -0.25) is 0 Å². The van der Waals surface area contributed by atoms with Gasteiger partial charge in [0, 0.05) is 22.6 Å². The van der Waals surface area contributed by atoms with E-state index in [9.17, 15) is 12.8 Å². The summed E-state index contributed by atoms with van der Waals surface area (Å²) in [5.74, 6) is -0.462. The highest BCUT2D eigenvalue weighted by atomic mass is 79.9. The van der Waals surface area contributed by atoms with Gasteiger partial charge in [0.25, 0.3) is 0 Å². The van der Waals surface area contributed by atoms with Gasteiger partial charge in [-0.25, -0.2) is 17.5 Å². The van der Waals surface area contributed by atoms with Crippen LogP contribution in [0, 0.1) is 5.82 Å². The molecule has 1 aromatic carbocycles. The first-order chi connectivity index (χ1) is 9.44. The molecule has 2 fully saturated rings. The second kappa shape index (κ2) is 5.36. The van der Waals surface area contributed by atoms with Crippen LogP contribution >= 0.6 is 15.9 Å². The summed E-state index contributed by atoms with van der Waals surface area (Å²) in [6.07, 6.45) is 3.86. The van der Waals surface area contributed by atoms with Crippen molar-refractivity contribution in [1.29, 1.82) is 0 Å². The van der Waals surface area contributed by atoms with Gasteiger partial charge < -0.3 is 5.32 Å². The highest BCUT2D eigenvalue weighted by Gasteiger charge is 2.35. The third kappa shape index (κ3) is 2.90. The molecule has 0 radical (unpaired) electrons. The van der Waals surface area contributed by atoms with E-state index in [4.69, 9.17) is 0 Å². The Labute approximate surface area is 126 Å². The minimum absolute atomic E-state index is 0.0456. The van der Waals surface area contributed by atoms with Crippen molar-refractivity contribution < 1.29 is 12.8 Å². The number of rotatable bonds is 3. The van der Waals surface area contributed by atoms with Crippen molar-refractivity contribution in [3.63, 3.8) is 0 Å². The molecule has 2 saturated heterocycles. The quantitative estimate of drug-likeness (QED) is 0.865. The standard InChI is InChI=1S/C13H16BrFN2O2S/c14-12-5-8(15)1-4-13(12)20(18,19)17-11-6-9-2-3-10(7-11)16-9/h1,4-5,9-11,16-17H,2-3,6-7H2. The van der Waals surface area contributed by atoms with Crippen molar-refractivity contribution in [3.8, 4) is 0 Å². The Balaban J connectivity index is 1.78. The van der Waals surface area contributed by atoms with Gasteiger partial charge in [-0.1, -0.05) is 0 Å². The van der Waals surface area contributed by atoms with Gasteiger partial charge >= 0.3 is 0 Å². The molecule has 7 heteroatoms. The van der Waals surface area contributed by atoms with Crippen molar-refractivity contribution in [2.75, 3.05) is 0 Å². The lowest BCUT2D eigenvalue weighted by atomic mass is 10.0. The third-order valence-corrected chi connectivity index (χ3v) is 6.48. The Bertz CT molecular complexity index is 611. The molecule has 2 aliphatic rings. The van der Waals surface area contributed by atoms with Crippen molar-refractivity contribution in [2.24, 2.45) is 0 Å². The summed E-state index contributed by atoms with van der Waals surface area (Å²) in [6, 6.07) is 4.40. The molecule has 2 unspecified atom stereocenters. The van der Waals surface area contributed by atoms with Crippen LogP contribution in [0.3, 0.4) is 0 Å². The molecule has 2 bridgehead atoms.